The van der Waals surface area contributed by atoms with Gasteiger partial charge in [0.2, 0.25) is 5.91 Å². The molecule has 1 aliphatic rings. The molecule has 2 N–H and O–H groups in total. The Morgan fingerprint density at radius 3 is 2.45 bits per heavy atom. The SMILES string of the molecule is COc1ccccc1C(CNC(=O)CCNC(=O)c1ccc(Br)cc1)N1CCCCC1. The molecule has 3 rings (SSSR count). The van der Waals surface area contributed by atoms with E-state index in [1.165, 1.54) is 19.3 Å². The minimum Gasteiger partial charge on any atom is -0.496 e. The number of hydrogen-bond donors (Lipinski definition) is 2. The number of carbonyl (C=O) groups is 2. The van der Waals surface area contributed by atoms with E-state index in [1.54, 1.807) is 19.2 Å². The van der Waals surface area contributed by atoms with E-state index in [1.807, 2.05) is 30.3 Å². The molecule has 0 aromatic heterocycles. The summed E-state index contributed by atoms with van der Waals surface area (Å²) in [6.45, 7) is 2.84. The summed E-state index contributed by atoms with van der Waals surface area (Å²) >= 11 is 3.35. The second-order valence-corrected chi connectivity index (χ2v) is 8.59. The molecule has 1 heterocycles. The smallest absolute Gasteiger partial charge is 0.251 e. The number of piperidine rings is 1. The van der Waals surface area contributed by atoms with E-state index in [0.29, 0.717) is 18.7 Å². The van der Waals surface area contributed by atoms with Crippen LogP contribution in [-0.4, -0.2) is 50.0 Å². The molecule has 166 valence electrons. The number of nitrogens with zero attached hydrogens (tertiary/aromatic N) is 1. The Bertz CT molecular complexity index is 867. The third kappa shape index (κ3) is 6.80. The molecule has 2 aromatic rings. The van der Waals surface area contributed by atoms with Crippen LogP contribution in [-0.2, 0) is 4.79 Å². The molecule has 1 atom stereocenters. The molecular formula is C24H30BrN3O3. The molecule has 6 nitrogen and oxygen atoms in total. The number of amides is 2. The number of nitrogens with one attached hydrogen (secondary N) is 2. The Labute approximate surface area is 192 Å². The average molecular weight is 488 g/mol. The highest BCUT2D eigenvalue weighted by Gasteiger charge is 2.25. The molecule has 1 aliphatic heterocycles. The van der Waals surface area contributed by atoms with Crippen LogP contribution >= 0.6 is 15.9 Å². The van der Waals surface area contributed by atoms with E-state index in [-0.39, 0.29) is 24.3 Å². The van der Waals surface area contributed by atoms with Crippen molar-refractivity contribution >= 4 is 27.7 Å². The predicted octanol–water partition coefficient (Wildman–Crippen LogP) is 3.92. The number of benzene rings is 2. The van der Waals surface area contributed by atoms with Crippen LogP contribution in [0.5, 0.6) is 5.75 Å². The topological polar surface area (TPSA) is 70.7 Å². The summed E-state index contributed by atoms with van der Waals surface area (Å²) < 4.78 is 6.49. The molecule has 0 bridgehead atoms. The molecule has 7 heteroatoms. The van der Waals surface area contributed by atoms with E-state index >= 15 is 0 Å². The van der Waals surface area contributed by atoms with Gasteiger partial charge in [0.15, 0.2) is 0 Å². The van der Waals surface area contributed by atoms with E-state index in [4.69, 9.17) is 4.74 Å². The van der Waals surface area contributed by atoms with Crippen LogP contribution in [0.15, 0.2) is 53.0 Å². The van der Waals surface area contributed by atoms with Crippen molar-refractivity contribution in [2.24, 2.45) is 0 Å². The van der Waals surface area contributed by atoms with Crippen molar-refractivity contribution in [3.8, 4) is 5.75 Å². The first-order valence-corrected chi connectivity index (χ1v) is 11.5. The summed E-state index contributed by atoms with van der Waals surface area (Å²) in [5.74, 6) is 0.586. The second-order valence-electron chi connectivity index (χ2n) is 7.67. The lowest BCUT2D eigenvalue weighted by Crippen LogP contribution is -2.41. The fourth-order valence-electron chi connectivity index (χ4n) is 3.90. The fourth-order valence-corrected chi connectivity index (χ4v) is 4.16. The van der Waals surface area contributed by atoms with Gasteiger partial charge in [0.05, 0.1) is 13.2 Å². The number of hydrogen-bond acceptors (Lipinski definition) is 4. The van der Waals surface area contributed by atoms with Gasteiger partial charge in [0.25, 0.3) is 5.91 Å². The van der Waals surface area contributed by atoms with Gasteiger partial charge in [-0.1, -0.05) is 40.5 Å². The zero-order chi connectivity index (χ0) is 22.1. The minimum atomic E-state index is -0.180. The van der Waals surface area contributed by atoms with Gasteiger partial charge in [-0.05, 0) is 56.3 Å². The van der Waals surface area contributed by atoms with Crippen molar-refractivity contribution in [3.63, 3.8) is 0 Å². The van der Waals surface area contributed by atoms with Crippen LogP contribution < -0.4 is 15.4 Å². The Morgan fingerprint density at radius 1 is 1.03 bits per heavy atom. The molecule has 2 aromatic carbocycles. The van der Waals surface area contributed by atoms with Crippen molar-refractivity contribution in [3.05, 3.63) is 64.1 Å². The van der Waals surface area contributed by atoms with Crippen molar-refractivity contribution in [1.82, 2.24) is 15.5 Å². The van der Waals surface area contributed by atoms with Crippen LogP contribution in [0.2, 0.25) is 0 Å². The number of ether oxygens (including phenoxy) is 1. The summed E-state index contributed by atoms with van der Waals surface area (Å²) in [5.41, 5.74) is 1.67. The zero-order valence-electron chi connectivity index (χ0n) is 17.9. The van der Waals surface area contributed by atoms with Gasteiger partial charge >= 0.3 is 0 Å². The van der Waals surface area contributed by atoms with Gasteiger partial charge in [0.1, 0.15) is 5.75 Å². The Kier molecular flexibility index (Phi) is 8.91. The standard InChI is InChI=1S/C24H30BrN3O3/c1-31-22-8-4-3-7-20(22)21(28-15-5-2-6-16-28)17-27-23(29)13-14-26-24(30)18-9-11-19(25)12-10-18/h3-4,7-12,21H,2,5-6,13-17H2,1H3,(H,26,30)(H,27,29). The molecule has 0 saturated carbocycles. The summed E-state index contributed by atoms with van der Waals surface area (Å²) in [6, 6.07) is 15.2. The van der Waals surface area contributed by atoms with E-state index in [9.17, 15) is 9.59 Å². The van der Waals surface area contributed by atoms with Crippen molar-refractivity contribution in [1.29, 1.82) is 0 Å². The van der Waals surface area contributed by atoms with Crippen molar-refractivity contribution in [2.45, 2.75) is 31.7 Å². The minimum absolute atomic E-state index is 0.0674. The highest BCUT2D eigenvalue weighted by atomic mass is 79.9. The molecule has 1 fully saturated rings. The number of methoxy groups -OCH3 is 1. The summed E-state index contributed by atoms with van der Waals surface area (Å²) in [6.07, 6.45) is 3.82. The maximum Gasteiger partial charge on any atom is 0.251 e. The molecule has 0 spiro atoms. The number of likely N-dealkylation sites (tertiary alicyclic amines) is 1. The maximum absolute atomic E-state index is 12.5. The van der Waals surface area contributed by atoms with Gasteiger partial charge in [-0.25, -0.2) is 0 Å². The lowest BCUT2D eigenvalue weighted by molar-refractivity contribution is -0.121. The Hall–Kier alpha value is -2.38. The second kappa shape index (κ2) is 11.9. The molecule has 1 saturated heterocycles. The highest BCUT2D eigenvalue weighted by molar-refractivity contribution is 9.10. The van der Waals surface area contributed by atoms with E-state index in [0.717, 1.165) is 28.9 Å². The molecule has 2 amide bonds. The monoisotopic (exact) mass is 487 g/mol. The van der Waals surface area contributed by atoms with Gasteiger partial charge in [-0.3, -0.25) is 14.5 Å². The van der Waals surface area contributed by atoms with Crippen molar-refractivity contribution < 1.29 is 14.3 Å². The quantitative estimate of drug-likeness (QED) is 0.562. The third-order valence-corrected chi connectivity index (χ3v) is 6.09. The number of rotatable bonds is 9. The fraction of sp³-hybridized carbons (Fsp3) is 0.417. The van der Waals surface area contributed by atoms with Gasteiger partial charge < -0.3 is 15.4 Å². The zero-order valence-corrected chi connectivity index (χ0v) is 19.5. The number of carbonyl (C=O) groups excluding carboxylic acids is 2. The number of halogens is 1. The molecule has 1 unspecified atom stereocenters. The first-order chi connectivity index (χ1) is 15.1. The van der Waals surface area contributed by atoms with Crippen LogP contribution in [0.4, 0.5) is 0 Å². The lowest BCUT2D eigenvalue weighted by atomic mass is 10.0. The van der Waals surface area contributed by atoms with Gasteiger partial charge in [-0.2, -0.15) is 0 Å². The third-order valence-electron chi connectivity index (χ3n) is 5.57. The van der Waals surface area contributed by atoms with Crippen LogP contribution in [0, 0.1) is 0 Å². The lowest BCUT2D eigenvalue weighted by Gasteiger charge is -2.35. The van der Waals surface area contributed by atoms with Gasteiger partial charge in [0, 0.05) is 35.1 Å². The van der Waals surface area contributed by atoms with E-state index < -0.39 is 0 Å². The first kappa shape index (κ1) is 23.3. The van der Waals surface area contributed by atoms with Crippen molar-refractivity contribution in [2.75, 3.05) is 33.3 Å². The van der Waals surface area contributed by atoms with Crippen LogP contribution in [0.3, 0.4) is 0 Å². The Balaban J connectivity index is 1.53. The number of para-hydroxylation sites is 1. The largest absolute Gasteiger partial charge is 0.496 e. The first-order valence-electron chi connectivity index (χ1n) is 10.8. The summed E-state index contributed by atoms with van der Waals surface area (Å²) in [7, 11) is 1.68. The predicted molar refractivity (Wildman–Crippen MR) is 125 cm³/mol. The summed E-state index contributed by atoms with van der Waals surface area (Å²) in [5, 5.41) is 5.86. The molecule has 0 radical (unpaired) electrons. The average Bonchev–Trinajstić information content (AvgIpc) is 2.80. The molecular weight excluding hydrogens is 458 g/mol. The summed E-state index contributed by atoms with van der Waals surface area (Å²) in [4.78, 5) is 27.1. The van der Waals surface area contributed by atoms with Crippen LogP contribution in [0.25, 0.3) is 0 Å². The Morgan fingerprint density at radius 2 is 1.74 bits per heavy atom. The van der Waals surface area contributed by atoms with Crippen LogP contribution in [0.1, 0.15) is 47.6 Å². The maximum atomic E-state index is 12.5. The highest BCUT2D eigenvalue weighted by Crippen LogP contribution is 2.30. The van der Waals surface area contributed by atoms with E-state index in [2.05, 4.69) is 37.5 Å². The molecule has 31 heavy (non-hydrogen) atoms. The van der Waals surface area contributed by atoms with Gasteiger partial charge in [-0.15, -0.1) is 0 Å². The molecule has 0 aliphatic carbocycles. The normalized spacial score (nSPS) is 15.2.